The number of benzene rings is 1. The molecule has 1 fully saturated rings. The minimum absolute atomic E-state index is 0.540. The Hall–Kier alpha value is -0.340. The lowest BCUT2D eigenvalue weighted by molar-refractivity contribution is 0.504. The van der Waals surface area contributed by atoms with E-state index < -0.39 is 0 Å². The molecule has 0 heterocycles. The Morgan fingerprint density at radius 3 is 2.36 bits per heavy atom. The highest BCUT2D eigenvalue weighted by Crippen LogP contribution is 2.46. The zero-order valence-electron chi connectivity index (χ0n) is 8.63. The fraction of sp³-hybridized carbons (Fsp3) is 0.500. The maximum Gasteiger partial charge on any atom is 0.0348 e. The Morgan fingerprint density at radius 1 is 1.36 bits per heavy atom. The minimum Gasteiger partial charge on any atom is -0.313 e. The van der Waals surface area contributed by atoms with Crippen molar-refractivity contribution in [1.82, 2.24) is 5.32 Å². The monoisotopic (exact) mass is 253 g/mol. The van der Waals surface area contributed by atoms with Gasteiger partial charge in [0.05, 0.1) is 0 Å². The van der Waals surface area contributed by atoms with Crippen molar-refractivity contribution in [3.05, 3.63) is 34.3 Å². The number of nitrogens with one attached hydrogen (secondary N) is 1. The molecule has 3 unspecified atom stereocenters. The third kappa shape index (κ3) is 2.01. The standard InChI is InChI=1S/C12H16BrN/c1-8-7-11(8)12(14-2)9-3-5-10(13)6-4-9/h3-6,8,11-12,14H,7H2,1-2H3. The first-order chi connectivity index (χ1) is 6.72. The second kappa shape index (κ2) is 4.03. The van der Waals surface area contributed by atoms with Gasteiger partial charge in [-0.25, -0.2) is 0 Å². The van der Waals surface area contributed by atoms with E-state index in [4.69, 9.17) is 0 Å². The molecular weight excluding hydrogens is 238 g/mol. The van der Waals surface area contributed by atoms with Crippen LogP contribution in [-0.2, 0) is 0 Å². The van der Waals surface area contributed by atoms with Crippen LogP contribution >= 0.6 is 15.9 Å². The number of hydrogen-bond donors (Lipinski definition) is 1. The summed E-state index contributed by atoms with van der Waals surface area (Å²) < 4.78 is 1.15. The summed E-state index contributed by atoms with van der Waals surface area (Å²) in [4.78, 5) is 0. The molecule has 2 heteroatoms. The maximum absolute atomic E-state index is 3.46. The van der Waals surface area contributed by atoms with Gasteiger partial charge < -0.3 is 5.32 Å². The van der Waals surface area contributed by atoms with E-state index in [1.165, 1.54) is 12.0 Å². The molecule has 0 spiro atoms. The van der Waals surface area contributed by atoms with Crippen LogP contribution in [0.3, 0.4) is 0 Å². The summed E-state index contributed by atoms with van der Waals surface area (Å²) >= 11 is 3.46. The van der Waals surface area contributed by atoms with Crippen molar-refractivity contribution >= 4 is 15.9 Å². The van der Waals surface area contributed by atoms with Gasteiger partial charge in [0, 0.05) is 10.5 Å². The largest absolute Gasteiger partial charge is 0.313 e. The van der Waals surface area contributed by atoms with Gasteiger partial charge in [0.1, 0.15) is 0 Å². The zero-order valence-corrected chi connectivity index (χ0v) is 10.2. The smallest absolute Gasteiger partial charge is 0.0348 e. The van der Waals surface area contributed by atoms with E-state index in [1.807, 2.05) is 0 Å². The fourth-order valence-electron chi connectivity index (χ4n) is 2.11. The predicted molar refractivity (Wildman–Crippen MR) is 63.2 cm³/mol. The van der Waals surface area contributed by atoms with Crippen molar-refractivity contribution in [2.45, 2.75) is 19.4 Å². The lowest BCUT2D eigenvalue weighted by Gasteiger charge is -2.16. The summed E-state index contributed by atoms with van der Waals surface area (Å²) in [6, 6.07) is 9.18. The average Bonchev–Trinajstić information content (AvgIpc) is 2.88. The molecule has 0 bridgehead atoms. The Labute approximate surface area is 94.0 Å². The van der Waals surface area contributed by atoms with Crippen LogP contribution in [0.5, 0.6) is 0 Å². The van der Waals surface area contributed by atoms with Gasteiger partial charge in [0.25, 0.3) is 0 Å². The molecule has 1 aliphatic carbocycles. The summed E-state index contributed by atoms with van der Waals surface area (Å²) in [5, 5.41) is 3.41. The van der Waals surface area contributed by atoms with Gasteiger partial charge in [-0.2, -0.15) is 0 Å². The van der Waals surface area contributed by atoms with Crippen LogP contribution < -0.4 is 5.32 Å². The van der Waals surface area contributed by atoms with Gasteiger partial charge in [0.2, 0.25) is 0 Å². The topological polar surface area (TPSA) is 12.0 Å². The molecule has 0 saturated heterocycles. The molecular formula is C12H16BrN. The summed E-state index contributed by atoms with van der Waals surface area (Å²) in [5.41, 5.74) is 1.41. The summed E-state index contributed by atoms with van der Waals surface area (Å²) in [7, 11) is 2.05. The van der Waals surface area contributed by atoms with Crippen molar-refractivity contribution < 1.29 is 0 Å². The highest BCUT2D eigenvalue weighted by Gasteiger charge is 2.39. The van der Waals surface area contributed by atoms with E-state index >= 15 is 0 Å². The first-order valence-corrected chi connectivity index (χ1v) is 5.94. The lowest BCUT2D eigenvalue weighted by Crippen LogP contribution is -2.18. The van der Waals surface area contributed by atoms with Gasteiger partial charge in [-0.15, -0.1) is 0 Å². The van der Waals surface area contributed by atoms with Crippen LogP contribution in [0.25, 0.3) is 0 Å². The third-order valence-corrected chi connectivity index (χ3v) is 3.67. The first kappa shape index (κ1) is 10.2. The second-order valence-corrected chi connectivity index (χ2v) is 5.11. The summed E-state index contributed by atoms with van der Waals surface area (Å²) in [6.45, 7) is 2.33. The molecule has 1 aromatic carbocycles. The molecule has 1 aromatic rings. The fourth-order valence-corrected chi connectivity index (χ4v) is 2.38. The van der Waals surface area contributed by atoms with E-state index in [1.54, 1.807) is 0 Å². The average molecular weight is 254 g/mol. The number of hydrogen-bond acceptors (Lipinski definition) is 1. The molecule has 1 nitrogen and oxygen atoms in total. The number of rotatable bonds is 3. The molecule has 0 amide bonds. The molecule has 0 aromatic heterocycles. The third-order valence-electron chi connectivity index (χ3n) is 3.14. The van der Waals surface area contributed by atoms with Gasteiger partial charge in [-0.3, -0.25) is 0 Å². The molecule has 76 valence electrons. The van der Waals surface area contributed by atoms with Crippen molar-refractivity contribution in [2.24, 2.45) is 11.8 Å². The summed E-state index contributed by atoms with van der Waals surface area (Å²) in [6.07, 6.45) is 1.36. The molecule has 0 radical (unpaired) electrons. The van der Waals surface area contributed by atoms with Crippen LogP contribution in [0.1, 0.15) is 24.9 Å². The van der Waals surface area contributed by atoms with Crippen LogP contribution in [-0.4, -0.2) is 7.05 Å². The van der Waals surface area contributed by atoms with E-state index in [2.05, 4.69) is 59.5 Å². The first-order valence-electron chi connectivity index (χ1n) is 5.15. The van der Waals surface area contributed by atoms with Gasteiger partial charge in [-0.05, 0) is 43.0 Å². The van der Waals surface area contributed by atoms with Crippen molar-refractivity contribution in [3.63, 3.8) is 0 Å². The van der Waals surface area contributed by atoms with E-state index in [9.17, 15) is 0 Å². The molecule has 1 aliphatic rings. The minimum atomic E-state index is 0.540. The highest BCUT2D eigenvalue weighted by atomic mass is 79.9. The maximum atomic E-state index is 3.46. The quantitative estimate of drug-likeness (QED) is 0.872. The van der Waals surface area contributed by atoms with Gasteiger partial charge in [0.15, 0.2) is 0 Å². The Morgan fingerprint density at radius 2 is 1.93 bits per heavy atom. The molecule has 14 heavy (non-hydrogen) atoms. The number of halogens is 1. The Balaban J connectivity index is 2.15. The van der Waals surface area contributed by atoms with Crippen LogP contribution in [0.2, 0.25) is 0 Å². The normalized spacial score (nSPS) is 27.4. The van der Waals surface area contributed by atoms with Gasteiger partial charge >= 0.3 is 0 Å². The molecule has 1 N–H and O–H groups in total. The SMILES string of the molecule is CNC(c1ccc(Br)cc1)C1CC1C. The zero-order chi connectivity index (χ0) is 10.1. The van der Waals surface area contributed by atoms with Gasteiger partial charge in [-0.1, -0.05) is 35.0 Å². The molecule has 2 rings (SSSR count). The van der Waals surface area contributed by atoms with Crippen LogP contribution in [0.15, 0.2) is 28.7 Å². The lowest BCUT2D eigenvalue weighted by atomic mass is 10.0. The molecule has 3 atom stereocenters. The summed E-state index contributed by atoms with van der Waals surface area (Å²) in [5.74, 6) is 1.72. The van der Waals surface area contributed by atoms with Crippen LogP contribution in [0.4, 0.5) is 0 Å². The Kier molecular flexibility index (Phi) is 2.93. The second-order valence-electron chi connectivity index (χ2n) is 4.19. The predicted octanol–water partition coefficient (Wildman–Crippen LogP) is 3.37. The molecule has 0 aliphatic heterocycles. The van der Waals surface area contributed by atoms with E-state index in [0.29, 0.717) is 6.04 Å². The Bertz CT molecular complexity index is 307. The van der Waals surface area contributed by atoms with E-state index in [-0.39, 0.29) is 0 Å². The van der Waals surface area contributed by atoms with E-state index in [0.717, 1.165) is 16.3 Å². The molecule has 1 saturated carbocycles. The van der Waals surface area contributed by atoms with Crippen molar-refractivity contribution in [3.8, 4) is 0 Å². The van der Waals surface area contributed by atoms with Crippen LogP contribution in [0, 0.1) is 11.8 Å². The van der Waals surface area contributed by atoms with Crippen molar-refractivity contribution in [2.75, 3.05) is 7.05 Å². The van der Waals surface area contributed by atoms with Crippen molar-refractivity contribution in [1.29, 1.82) is 0 Å². The highest BCUT2D eigenvalue weighted by molar-refractivity contribution is 9.10.